The lowest BCUT2D eigenvalue weighted by Crippen LogP contribution is -2.58. The number of carbonyl (C=O) groups is 3. The van der Waals surface area contributed by atoms with Gasteiger partial charge in [-0.1, -0.05) is 13.8 Å². The Kier molecular flexibility index (Phi) is 6.64. The summed E-state index contributed by atoms with van der Waals surface area (Å²) in [6, 6.07) is -0.488. The standard InChI is InChI=1S/C16H29N3O6/c1-10(17)25-14(22)19(18-13(21)24-6)11-7-15(2,3)9-16(4,8-11)12(20)23-5/h10-11H,7-9,17H2,1-6H3,(H,18,21). The van der Waals surface area contributed by atoms with E-state index in [1.165, 1.54) is 21.1 Å². The van der Waals surface area contributed by atoms with Crippen LogP contribution in [0.1, 0.15) is 47.0 Å². The Hall–Kier alpha value is -2.03. The molecular weight excluding hydrogens is 330 g/mol. The van der Waals surface area contributed by atoms with Crippen molar-refractivity contribution < 1.29 is 28.6 Å². The van der Waals surface area contributed by atoms with E-state index in [1.807, 2.05) is 13.8 Å². The molecule has 3 atom stereocenters. The van der Waals surface area contributed by atoms with Gasteiger partial charge in [0.05, 0.1) is 25.7 Å². The number of ether oxygens (including phenoxy) is 3. The maximum atomic E-state index is 12.4. The van der Waals surface area contributed by atoms with Crippen LogP contribution in [0.2, 0.25) is 0 Å². The molecule has 0 heterocycles. The van der Waals surface area contributed by atoms with Crippen LogP contribution >= 0.6 is 0 Å². The zero-order chi connectivity index (χ0) is 19.4. The number of rotatable bonds is 3. The molecule has 144 valence electrons. The first-order chi connectivity index (χ1) is 11.4. The van der Waals surface area contributed by atoms with Crippen molar-refractivity contribution in [3.63, 3.8) is 0 Å². The summed E-state index contributed by atoms with van der Waals surface area (Å²) in [5, 5.41) is 1.05. The van der Waals surface area contributed by atoms with Crippen molar-refractivity contribution in [1.82, 2.24) is 10.4 Å². The monoisotopic (exact) mass is 359 g/mol. The SMILES string of the molecule is COC(=O)NN(C(=O)OC(C)N)C1CC(C)(C)CC(C)(C(=O)OC)C1. The Morgan fingerprint density at radius 3 is 2.24 bits per heavy atom. The molecule has 0 saturated heterocycles. The summed E-state index contributed by atoms with van der Waals surface area (Å²) >= 11 is 0. The molecule has 0 spiro atoms. The second-order valence-electron chi connectivity index (χ2n) is 7.52. The van der Waals surface area contributed by atoms with E-state index in [0.29, 0.717) is 19.3 Å². The lowest BCUT2D eigenvalue weighted by molar-refractivity contribution is -0.158. The number of nitrogens with one attached hydrogen (secondary N) is 1. The first-order valence-corrected chi connectivity index (χ1v) is 8.12. The second kappa shape index (κ2) is 7.90. The summed E-state index contributed by atoms with van der Waals surface area (Å²) in [4.78, 5) is 36.3. The van der Waals surface area contributed by atoms with Crippen molar-refractivity contribution in [2.45, 2.75) is 59.2 Å². The molecule has 1 aliphatic rings. The van der Waals surface area contributed by atoms with Crippen LogP contribution in [0.5, 0.6) is 0 Å². The van der Waals surface area contributed by atoms with Crippen LogP contribution in [-0.4, -0.2) is 49.7 Å². The molecule has 1 rings (SSSR count). The van der Waals surface area contributed by atoms with E-state index in [1.54, 1.807) is 6.92 Å². The van der Waals surface area contributed by atoms with E-state index in [4.69, 9.17) is 15.2 Å². The van der Waals surface area contributed by atoms with Crippen LogP contribution in [-0.2, 0) is 19.0 Å². The minimum atomic E-state index is -0.849. The summed E-state index contributed by atoms with van der Waals surface area (Å²) in [7, 11) is 2.52. The number of hydrazine groups is 1. The zero-order valence-corrected chi connectivity index (χ0v) is 15.8. The molecule has 3 unspecified atom stereocenters. The fourth-order valence-electron chi connectivity index (χ4n) is 3.66. The van der Waals surface area contributed by atoms with Crippen molar-refractivity contribution in [1.29, 1.82) is 0 Å². The zero-order valence-electron chi connectivity index (χ0n) is 15.8. The Bertz CT molecular complexity index is 522. The summed E-state index contributed by atoms with van der Waals surface area (Å²) in [6.07, 6.45) is -1.02. The molecule has 1 saturated carbocycles. The van der Waals surface area contributed by atoms with Gasteiger partial charge in [-0.2, -0.15) is 0 Å². The van der Waals surface area contributed by atoms with E-state index >= 15 is 0 Å². The Morgan fingerprint density at radius 2 is 1.76 bits per heavy atom. The number of methoxy groups -OCH3 is 2. The minimum Gasteiger partial charge on any atom is -0.469 e. The van der Waals surface area contributed by atoms with Gasteiger partial charge >= 0.3 is 18.2 Å². The van der Waals surface area contributed by atoms with Gasteiger partial charge in [0.15, 0.2) is 0 Å². The number of nitrogens with zero attached hydrogens (tertiary/aromatic N) is 1. The maximum absolute atomic E-state index is 12.4. The highest BCUT2D eigenvalue weighted by Crippen LogP contribution is 2.48. The van der Waals surface area contributed by atoms with E-state index in [0.717, 1.165) is 5.01 Å². The molecule has 0 aromatic heterocycles. The number of hydrogen-bond donors (Lipinski definition) is 2. The fourth-order valence-corrected chi connectivity index (χ4v) is 3.66. The van der Waals surface area contributed by atoms with Gasteiger partial charge in [0.1, 0.15) is 6.23 Å². The van der Waals surface area contributed by atoms with Crippen LogP contribution in [0.15, 0.2) is 0 Å². The number of carbonyl (C=O) groups excluding carboxylic acids is 3. The van der Waals surface area contributed by atoms with E-state index in [9.17, 15) is 14.4 Å². The summed E-state index contributed by atoms with van der Waals surface area (Å²) < 4.78 is 14.5. The smallest absolute Gasteiger partial charge is 0.430 e. The normalized spacial score (nSPS) is 26.1. The maximum Gasteiger partial charge on any atom is 0.430 e. The van der Waals surface area contributed by atoms with Crippen molar-refractivity contribution in [3.05, 3.63) is 0 Å². The van der Waals surface area contributed by atoms with Crippen LogP contribution in [0.4, 0.5) is 9.59 Å². The van der Waals surface area contributed by atoms with E-state index in [-0.39, 0.29) is 11.4 Å². The lowest BCUT2D eigenvalue weighted by atomic mass is 9.62. The summed E-state index contributed by atoms with van der Waals surface area (Å²) in [5.41, 5.74) is 6.81. The van der Waals surface area contributed by atoms with Gasteiger partial charge < -0.3 is 14.2 Å². The predicted octanol–water partition coefficient (Wildman–Crippen LogP) is 1.76. The van der Waals surface area contributed by atoms with Gasteiger partial charge in [0, 0.05) is 0 Å². The van der Waals surface area contributed by atoms with Gasteiger partial charge in [-0.05, 0) is 38.5 Å². The highest BCUT2D eigenvalue weighted by atomic mass is 16.6. The van der Waals surface area contributed by atoms with Crippen LogP contribution in [0.25, 0.3) is 0 Å². The number of nitrogens with two attached hydrogens (primary N) is 1. The van der Waals surface area contributed by atoms with Gasteiger partial charge in [-0.3, -0.25) is 10.5 Å². The third-order valence-electron chi connectivity index (χ3n) is 4.27. The molecule has 9 nitrogen and oxygen atoms in total. The minimum absolute atomic E-state index is 0.267. The van der Waals surface area contributed by atoms with Crippen LogP contribution in [0.3, 0.4) is 0 Å². The van der Waals surface area contributed by atoms with Gasteiger partial charge in [-0.25, -0.2) is 20.0 Å². The third kappa shape index (κ3) is 5.48. The van der Waals surface area contributed by atoms with Gasteiger partial charge in [0.2, 0.25) is 0 Å². The second-order valence-corrected chi connectivity index (χ2v) is 7.52. The lowest BCUT2D eigenvalue weighted by Gasteiger charge is -2.47. The molecule has 0 aromatic carbocycles. The molecule has 0 bridgehead atoms. The van der Waals surface area contributed by atoms with Crippen molar-refractivity contribution in [2.75, 3.05) is 14.2 Å². The van der Waals surface area contributed by atoms with E-state index in [2.05, 4.69) is 10.2 Å². The number of amides is 2. The summed E-state index contributed by atoms with van der Waals surface area (Å²) in [6.45, 7) is 7.28. The topological polar surface area (TPSA) is 120 Å². The van der Waals surface area contributed by atoms with Gasteiger partial charge in [0.25, 0.3) is 0 Å². The Balaban J connectivity index is 3.15. The molecule has 25 heavy (non-hydrogen) atoms. The first-order valence-electron chi connectivity index (χ1n) is 8.12. The average molecular weight is 359 g/mol. The van der Waals surface area contributed by atoms with Crippen molar-refractivity contribution in [3.8, 4) is 0 Å². The van der Waals surface area contributed by atoms with Crippen molar-refractivity contribution in [2.24, 2.45) is 16.6 Å². The molecular formula is C16H29N3O6. The molecule has 1 aliphatic carbocycles. The van der Waals surface area contributed by atoms with E-state index < -0.39 is 29.9 Å². The number of hydrogen-bond acceptors (Lipinski definition) is 7. The quantitative estimate of drug-likeness (QED) is 0.341. The Labute approximate surface area is 148 Å². The molecule has 0 aromatic rings. The highest BCUT2D eigenvalue weighted by Gasteiger charge is 2.49. The largest absolute Gasteiger partial charge is 0.469 e. The molecule has 9 heteroatoms. The third-order valence-corrected chi connectivity index (χ3v) is 4.27. The first kappa shape index (κ1) is 21.0. The van der Waals surface area contributed by atoms with Crippen LogP contribution in [0, 0.1) is 10.8 Å². The molecule has 0 radical (unpaired) electrons. The highest BCUT2D eigenvalue weighted by molar-refractivity contribution is 5.77. The summed E-state index contributed by atoms with van der Waals surface area (Å²) in [5.74, 6) is -0.358. The Morgan fingerprint density at radius 1 is 1.16 bits per heavy atom. The molecule has 2 amide bonds. The fraction of sp³-hybridized carbons (Fsp3) is 0.812. The number of esters is 1. The molecule has 1 fully saturated rings. The van der Waals surface area contributed by atoms with Crippen LogP contribution < -0.4 is 11.2 Å². The molecule has 3 N–H and O–H groups in total. The predicted molar refractivity (Wildman–Crippen MR) is 89.1 cm³/mol. The van der Waals surface area contributed by atoms with Crippen molar-refractivity contribution >= 4 is 18.2 Å². The molecule has 0 aliphatic heterocycles. The van der Waals surface area contributed by atoms with Gasteiger partial charge in [-0.15, -0.1) is 0 Å². The average Bonchev–Trinajstić information content (AvgIpc) is 2.48.